The zero-order chi connectivity index (χ0) is 18.0. The van der Waals surface area contributed by atoms with Crippen LogP contribution in [0.5, 0.6) is 0 Å². The molecule has 0 aromatic rings. The third-order valence-corrected chi connectivity index (χ3v) is 5.61. The molecule has 0 saturated heterocycles. The van der Waals surface area contributed by atoms with E-state index < -0.39 is 0 Å². The first kappa shape index (κ1) is 18.7. The Morgan fingerprint density at radius 1 is 1.21 bits per heavy atom. The maximum Gasteiger partial charge on any atom is 0.205 e. The van der Waals surface area contributed by atoms with Crippen LogP contribution in [0, 0.1) is 17.8 Å². The van der Waals surface area contributed by atoms with Gasteiger partial charge in [0, 0.05) is 23.8 Å². The Morgan fingerprint density at radius 2 is 1.88 bits per heavy atom. The summed E-state index contributed by atoms with van der Waals surface area (Å²) in [6, 6.07) is 0. The first-order valence-electron chi connectivity index (χ1n) is 9.15. The molecule has 2 rings (SSSR count). The van der Waals surface area contributed by atoms with Crippen molar-refractivity contribution < 1.29 is 9.59 Å². The SMILES string of the molecule is CNC1=C(C)C(=O)C2=C(C1=O)[C@@H](C)CC[C@@H]2[C@@H](C)CCC=C(C)C. The van der Waals surface area contributed by atoms with Crippen molar-refractivity contribution in [2.24, 2.45) is 17.8 Å². The molecule has 1 N–H and O–H groups in total. The van der Waals surface area contributed by atoms with Crippen LogP contribution in [0.1, 0.15) is 60.3 Å². The molecule has 0 aliphatic heterocycles. The number of rotatable bonds is 5. The van der Waals surface area contributed by atoms with Crippen LogP contribution in [0.4, 0.5) is 0 Å². The molecule has 0 saturated carbocycles. The standard InChI is InChI=1S/C21H31NO2/c1-12(2)8-7-9-13(3)16-11-10-14(4)17-18(16)20(23)15(5)19(22-6)21(17)24/h8,13-14,16,22H,7,9-11H2,1-6H3/t13-,14-,16+/m0/s1. The lowest BCUT2D eigenvalue weighted by Gasteiger charge is -2.37. The van der Waals surface area contributed by atoms with Crippen LogP contribution in [0.25, 0.3) is 0 Å². The highest BCUT2D eigenvalue weighted by molar-refractivity contribution is 6.25. The smallest absolute Gasteiger partial charge is 0.205 e. The number of allylic oxidation sites excluding steroid dienone is 5. The minimum absolute atomic E-state index is 0.0401. The van der Waals surface area contributed by atoms with Crippen molar-refractivity contribution in [1.82, 2.24) is 5.32 Å². The topological polar surface area (TPSA) is 46.2 Å². The largest absolute Gasteiger partial charge is 0.385 e. The maximum atomic E-state index is 13.0. The van der Waals surface area contributed by atoms with Crippen molar-refractivity contribution in [3.05, 3.63) is 34.1 Å². The predicted molar refractivity (Wildman–Crippen MR) is 98.5 cm³/mol. The summed E-state index contributed by atoms with van der Waals surface area (Å²) >= 11 is 0. The molecule has 24 heavy (non-hydrogen) atoms. The van der Waals surface area contributed by atoms with Gasteiger partial charge < -0.3 is 5.32 Å². The molecule has 0 heterocycles. The first-order chi connectivity index (χ1) is 11.3. The van der Waals surface area contributed by atoms with Crippen molar-refractivity contribution in [3.63, 3.8) is 0 Å². The van der Waals surface area contributed by atoms with Crippen LogP contribution in [-0.4, -0.2) is 18.6 Å². The maximum absolute atomic E-state index is 13.0. The predicted octanol–water partition coefficient (Wildman–Crippen LogP) is 4.36. The summed E-state index contributed by atoms with van der Waals surface area (Å²) in [6.07, 6.45) is 6.36. The molecule has 3 nitrogen and oxygen atoms in total. The Morgan fingerprint density at radius 3 is 2.46 bits per heavy atom. The molecule has 0 bridgehead atoms. The molecule has 3 heteroatoms. The third kappa shape index (κ3) is 3.40. The van der Waals surface area contributed by atoms with Gasteiger partial charge in [0.25, 0.3) is 0 Å². The lowest BCUT2D eigenvalue weighted by molar-refractivity contribution is -0.118. The molecule has 0 radical (unpaired) electrons. The van der Waals surface area contributed by atoms with Crippen molar-refractivity contribution in [2.45, 2.75) is 60.3 Å². The van der Waals surface area contributed by atoms with E-state index in [-0.39, 0.29) is 23.4 Å². The van der Waals surface area contributed by atoms with Gasteiger partial charge in [-0.05, 0) is 64.2 Å². The van der Waals surface area contributed by atoms with E-state index >= 15 is 0 Å². The van der Waals surface area contributed by atoms with Gasteiger partial charge in [-0.15, -0.1) is 0 Å². The number of ketones is 2. The molecule has 0 spiro atoms. The molecule has 0 aromatic heterocycles. The quantitative estimate of drug-likeness (QED) is 0.602. The number of carbonyl (C=O) groups is 2. The van der Waals surface area contributed by atoms with Gasteiger partial charge in [0.05, 0.1) is 5.70 Å². The molecule has 0 amide bonds. The van der Waals surface area contributed by atoms with Gasteiger partial charge >= 0.3 is 0 Å². The Balaban J connectivity index is 2.35. The molecular weight excluding hydrogens is 298 g/mol. The van der Waals surface area contributed by atoms with Crippen molar-refractivity contribution in [2.75, 3.05) is 7.05 Å². The molecule has 0 unspecified atom stereocenters. The summed E-state index contributed by atoms with van der Waals surface area (Å²) in [5.41, 5.74) is 4.00. The summed E-state index contributed by atoms with van der Waals surface area (Å²) in [5.74, 6) is 0.928. The third-order valence-electron chi connectivity index (χ3n) is 5.61. The van der Waals surface area contributed by atoms with Gasteiger partial charge in [0.2, 0.25) is 5.78 Å². The number of carbonyl (C=O) groups excluding carboxylic acids is 2. The number of hydrogen-bond acceptors (Lipinski definition) is 3. The number of nitrogens with one attached hydrogen (secondary N) is 1. The van der Waals surface area contributed by atoms with Gasteiger partial charge in [-0.25, -0.2) is 0 Å². The average Bonchev–Trinajstić information content (AvgIpc) is 2.52. The van der Waals surface area contributed by atoms with E-state index in [9.17, 15) is 9.59 Å². The van der Waals surface area contributed by atoms with E-state index in [1.54, 1.807) is 14.0 Å². The van der Waals surface area contributed by atoms with E-state index in [0.717, 1.165) is 36.8 Å². The number of hydrogen-bond donors (Lipinski definition) is 1. The minimum atomic E-state index is 0.0401. The van der Waals surface area contributed by atoms with Crippen molar-refractivity contribution in [3.8, 4) is 0 Å². The second-order valence-corrected chi connectivity index (χ2v) is 7.66. The number of Topliss-reactive ketones (excluding diaryl/α,β-unsaturated/α-hetero) is 2. The zero-order valence-electron chi connectivity index (χ0n) is 16.0. The summed E-state index contributed by atoms with van der Waals surface area (Å²) in [5, 5.41) is 2.95. The highest BCUT2D eigenvalue weighted by atomic mass is 16.1. The van der Waals surface area contributed by atoms with Crippen LogP contribution in [-0.2, 0) is 9.59 Å². The summed E-state index contributed by atoms with van der Waals surface area (Å²) in [6.45, 7) is 10.3. The van der Waals surface area contributed by atoms with Crippen molar-refractivity contribution >= 4 is 11.6 Å². The molecule has 0 aromatic carbocycles. The van der Waals surface area contributed by atoms with E-state index in [1.807, 2.05) is 0 Å². The van der Waals surface area contributed by atoms with Crippen LogP contribution in [0.2, 0.25) is 0 Å². The highest BCUT2D eigenvalue weighted by Crippen LogP contribution is 2.44. The summed E-state index contributed by atoms with van der Waals surface area (Å²) in [4.78, 5) is 25.9. The van der Waals surface area contributed by atoms with Gasteiger partial charge in [-0.1, -0.05) is 25.5 Å². The monoisotopic (exact) mass is 329 g/mol. The van der Waals surface area contributed by atoms with Crippen LogP contribution >= 0.6 is 0 Å². The van der Waals surface area contributed by atoms with E-state index in [2.05, 4.69) is 39.1 Å². The molecule has 0 fully saturated rings. The fourth-order valence-corrected chi connectivity index (χ4v) is 4.15. The normalized spacial score (nSPS) is 25.6. The Bertz CT molecular complexity index is 632. The van der Waals surface area contributed by atoms with E-state index in [0.29, 0.717) is 17.2 Å². The van der Waals surface area contributed by atoms with Gasteiger partial charge in [0.15, 0.2) is 5.78 Å². The number of likely N-dealkylation sites (N-methyl/N-ethyl adjacent to an activating group) is 1. The lowest BCUT2D eigenvalue weighted by Crippen LogP contribution is -2.37. The minimum Gasteiger partial charge on any atom is -0.385 e. The zero-order valence-corrected chi connectivity index (χ0v) is 16.0. The molecular formula is C21H31NO2. The van der Waals surface area contributed by atoms with E-state index in [1.165, 1.54) is 5.57 Å². The molecule has 3 atom stereocenters. The van der Waals surface area contributed by atoms with Gasteiger partial charge in [-0.3, -0.25) is 9.59 Å². The lowest BCUT2D eigenvalue weighted by atomic mass is 9.66. The second-order valence-electron chi connectivity index (χ2n) is 7.66. The van der Waals surface area contributed by atoms with Crippen LogP contribution < -0.4 is 5.32 Å². The molecule has 2 aliphatic carbocycles. The van der Waals surface area contributed by atoms with Crippen LogP contribution in [0.15, 0.2) is 34.1 Å². The van der Waals surface area contributed by atoms with Crippen molar-refractivity contribution in [1.29, 1.82) is 0 Å². The highest BCUT2D eigenvalue weighted by Gasteiger charge is 2.41. The van der Waals surface area contributed by atoms with E-state index in [4.69, 9.17) is 0 Å². The molecule has 2 aliphatic rings. The Hall–Kier alpha value is -1.64. The fourth-order valence-electron chi connectivity index (χ4n) is 4.15. The average molecular weight is 329 g/mol. The Labute approximate surface area is 146 Å². The molecule has 132 valence electrons. The fraction of sp³-hybridized carbons (Fsp3) is 0.619. The second kappa shape index (κ2) is 7.50. The summed E-state index contributed by atoms with van der Waals surface area (Å²) < 4.78 is 0. The Kier molecular flexibility index (Phi) is 5.84. The van der Waals surface area contributed by atoms with Gasteiger partial charge in [-0.2, -0.15) is 0 Å². The summed E-state index contributed by atoms with van der Waals surface area (Å²) in [7, 11) is 1.72. The van der Waals surface area contributed by atoms with Gasteiger partial charge in [0.1, 0.15) is 0 Å². The first-order valence-corrected chi connectivity index (χ1v) is 9.15. The van der Waals surface area contributed by atoms with Crippen LogP contribution in [0.3, 0.4) is 0 Å².